The first-order valence-corrected chi connectivity index (χ1v) is 12.4. The molecule has 1 saturated carbocycles. The third-order valence-corrected chi connectivity index (χ3v) is 7.68. The van der Waals surface area contributed by atoms with Crippen molar-refractivity contribution in [2.45, 2.75) is 49.9 Å². The molecule has 12 heteroatoms. The van der Waals surface area contributed by atoms with Gasteiger partial charge in [0.25, 0.3) is 5.91 Å². The van der Waals surface area contributed by atoms with Gasteiger partial charge in [0, 0.05) is 24.1 Å². The van der Waals surface area contributed by atoms with Crippen LogP contribution in [-0.4, -0.2) is 35.5 Å². The van der Waals surface area contributed by atoms with E-state index in [0.717, 1.165) is 12.1 Å². The maximum absolute atomic E-state index is 14.5. The van der Waals surface area contributed by atoms with Gasteiger partial charge in [0.15, 0.2) is 0 Å². The normalized spacial score (nSPS) is 21.8. The molecule has 6 nitrogen and oxygen atoms in total. The fourth-order valence-corrected chi connectivity index (χ4v) is 5.50. The zero-order chi connectivity index (χ0) is 26.7. The molecule has 1 aliphatic heterocycles. The third-order valence-electron chi connectivity index (χ3n) is 7.06. The number of nitrogens with one attached hydrogen (secondary N) is 1. The van der Waals surface area contributed by atoms with Crippen molar-refractivity contribution in [3.63, 3.8) is 0 Å². The lowest BCUT2D eigenvalue weighted by atomic mass is 9.91. The molecule has 2 unspecified atom stereocenters. The van der Waals surface area contributed by atoms with Crippen molar-refractivity contribution in [2.24, 2.45) is 5.92 Å². The highest BCUT2D eigenvalue weighted by Crippen LogP contribution is 2.51. The number of alkyl halides is 3. The Morgan fingerprint density at radius 3 is 2.59 bits per heavy atom. The summed E-state index contributed by atoms with van der Waals surface area (Å²) in [5.74, 6) is -5.69. The Labute approximate surface area is 216 Å². The highest BCUT2D eigenvalue weighted by molar-refractivity contribution is 9.10. The molecule has 0 bridgehead atoms. The van der Waals surface area contributed by atoms with Gasteiger partial charge >= 0.3 is 12.3 Å². The molecule has 2 aromatic carbocycles. The van der Waals surface area contributed by atoms with Crippen LogP contribution in [0.4, 0.5) is 26.7 Å². The van der Waals surface area contributed by atoms with Crippen LogP contribution in [0.3, 0.4) is 0 Å². The van der Waals surface area contributed by atoms with Gasteiger partial charge in [-0.15, -0.1) is 0 Å². The molecular formula is C25H20BrF5N2O4. The van der Waals surface area contributed by atoms with Crippen molar-refractivity contribution in [3.05, 3.63) is 68.7 Å². The van der Waals surface area contributed by atoms with E-state index in [4.69, 9.17) is 4.74 Å². The van der Waals surface area contributed by atoms with Crippen LogP contribution in [-0.2, 0) is 32.9 Å². The Balaban J connectivity index is 1.27. The second-order valence-corrected chi connectivity index (χ2v) is 10.3. The molecule has 2 aliphatic carbocycles. The number of amides is 3. The number of imide groups is 1. The van der Waals surface area contributed by atoms with Crippen LogP contribution in [0.15, 0.2) is 34.8 Å². The number of fused-ring (bicyclic) bond motifs is 2. The fourth-order valence-electron chi connectivity index (χ4n) is 5.13. The number of nitrogens with zero attached hydrogens (tertiary/aromatic N) is 1. The highest BCUT2D eigenvalue weighted by atomic mass is 79.9. The molecule has 3 amide bonds. The molecule has 0 aromatic heterocycles. The Morgan fingerprint density at radius 1 is 1.19 bits per heavy atom. The first-order chi connectivity index (χ1) is 17.4. The van der Waals surface area contributed by atoms with Crippen molar-refractivity contribution in [2.75, 3.05) is 6.54 Å². The molecule has 1 spiro atoms. The van der Waals surface area contributed by atoms with E-state index >= 15 is 0 Å². The number of benzene rings is 2. The average molecular weight is 587 g/mol. The van der Waals surface area contributed by atoms with Gasteiger partial charge in [-0.3, -0.25) is 9.59 Å². The van der Waals surface area contributed by atoms with Crippen LogP contribution in [0, 0.1) is 17.6 Å². The van der Waals surface area contributed by atoms with Crippen LogP contribution >= 0.6 is 15.9 Å². The highest BCUT2D eigenvalue weighted by Gasteiger charge is 2.59. The van der Waals surface area contributed by atoms with E-state index in [0.29, 0.717) is 17.7 Å². The van der Waals surface area contributed by atoms with Crippen molar-refractivity contribution in [3.8, 4) is 0 Å². The second kappa shape index (κ2) is 9.07. The Hall–Kier alpha value is -3.02. The second-order valence-electron chi connectivity index (χ2n) is 9.46. The van der Waals surface area contributed by atoms with E-state index in [9.17, 15) is 36.3 Å². The van der Waals surface area contributed by atoms with Gasteiger partial charge in [-0.25, -0.2) is 18.5 Å². The zero-order valence-electron chi connectivity index (χ0n) is 19.1. The summed E-state index contributed by atoms with van der Waals surface area (Å²) in [6, 6.07) is 6.16. The number of ether oxygens (including phenoxy) is 1. The van der Waals surface area contributed by atoms with Crippen molar-refractivity contribution >= 4 is 33.8 Å². The maximum Gasteiger partial charge on any atom is 0.418 e. The smallest absolute Gasteiger partial charge is 0.418 e. The van der Waals surface area contributed by atoms with Gasteiger partial charge in [-0.2, -0.15) is 13.2 Å². The summed E-state index contributed by atoms with van der Waals surface area (Å²) in [6.07, 6.45) is -4.75. The molecule has 5 rings (SSSR count). The number of carbonyl (C=O) groups is 3. The Kier molecular flexibility index (Phi) is 6.28. The van der Waals surface area contributed by atoms with Crippen LogP contribution in [0.25, 0.3) is 0 Å². The molecule has 1 heterocycles. The van der Waals surface area contributed by atoms with E-state index in [1.807, 2.05) is 0 Å². The molecule has 1 saturated heterocycles. The molecule has 2 atom stereocenters. The van der Waals surface area contributed by atoms with E-state index in [1.165, 1.54) is 18.2 Å². The largest absolute Gasteiger partial charge is 0.427 e. The summed E-state index contributed by atoms with van der Waals surface area (Å²) in [6.45, 7) is -0.944. The van der Waals surface area contributed by atoms with Crippen molar-refractivity contribution in [1.29, 1.82) is 0 Å². The summed E-state index contributed by atoms with van der Waals surface area (Å²) >= 11 is 3.08. The summed E-state index contributed by atoms with van der Waals surface area (Å²) < 4.78 is 75.0. The standard InChI is InChI=1S/C25H20BrF5N2O4/c26-17-5-4-16-14(21(17)28)7-8-24(16)22(35)33(23(36)37-24)11-19(34)32-10-12-1-6-18(27)15(9-12)20(13-2-3-13)25(29,30)31/h1,4-6,9,13,20H,2-3,7-8,10-11H2,(H,32,34). The van der Waals surface area contributed by atoms with Crippen LogP contribution in [0.5, 0.6) is 0 Å². The van der Waals surface area contributed by atoms with E-state index in [-0.39, 0.29) is 40.5 Å². The SMILES string of the molecule is O=C(CN1C(=O)OC2(CCc3c2ccc(Br)c3F)C1=O)NCc1ccc(F)c(C(C2CC2)C(F)(F)F)c1. The maximum atomic E-state index is 14.5. The number of halogens is 6. The lowest BCUT2D eigenvalue weighted by Crippen LogP contribution is -2.43. The van der Waals surface area contributed by atoms with Crippen LogP contribution < -0.4 is 5.32 Å². The van der Waals surface area contributed by atoms with Gasteiger partial charge in [0.2, 0.25) is 11.5 Å². The molecule has 3 aliphatic rings. The molecule has 37 heavy (non-hydrogen) atoms. The molecule has 0 radical (unpaired) electrons. The molecular weight excluding hydrogens is 567 g/mol. The monoisotopic (exact) mass is 586 g/mol. The third kappa shape index (κ3) is 4.49. The molecule has 196 valence electrons. The summed E-state index contributed by atoms with van der Waals surface area (Å²) in [5, 5.41) is 2.44. The Bertz CT molecular complexity index is 1310. The van der Waals surface area contributed by atoms with Crippen LogP contribution in [0.2, 0.25) is 0 Å². The number of carbonyl (C=O) groups excluding carboxylic acids is 3. The van der Waals surface area contributed by atoms with Crippen molar-refractivity contribution in [1.82, 2.24) is 10.2 Å². The minimum Gasteiger partial charge on any atom is -0.427 e. The number of hydrogen-bond acceptors (Lipinski definition) is 4. The van der Waals surface area contributed by atoms with E-state index in [1.54, 1.807) is 0 Å². The molecule has 2 aromatic rings. The predicted molar refractivity (Wildman–Crippen MR) is 122 cm³/mol. The van der Waals surface area contributed by atoms with Gasteiger partial charge in [0.05, 0.1) is 10.4 Å². The lowest BCUT2D eigenvalue weighted by molar-refractivity contribution is -0.155. The van der Waals surface area contributed by atoms with Gasteiger partial charge < -0.3 is 10.1 Å². The summed E-state index contributed by atoms with van der Waals surface area (Å²) in [4.78, 5) is 38.8. The van der Waals surface area contributed by atoms with E-state index in [2.05, 4.69) is 21.2 Å². The molecule has 2 fully saturated rings. The quantitative estimate of drug-likeness (QED) is 0.471. The van der Waals surface area contributed by atoms with Gasteiger partial charge in [-0.05, 0) is 64.4 Å². The zero-order valence-corrected chi connectivity index (χ0v) is 20.7. The average Bonchev–Trinajstić information content (AvgIpc) is 3.54. The van der Waals surface area contributed by atoms with Gasteiger partial charge in [0.1, 0.15) is 18.2 Å². The fraction of sp³-hybridized carbons (Fsp3) is 0.400. The first kappa shape index (κ1) is 25.6. The first-order valence-electron chi connectivity index (χ1n) is 11.6. The van der Waals surface area contributed by atoms with Crippen molar-refractivity contribution < 1.29 is 41.1 Å². The van der Waals surface area contributed by atoms with Crippen LogP contribution in [0.1, 0.15) is 47.4 Å². The number of hydrogen-bond donors (Lipinski definition) is 1. The molecule has 1 N–H and O–H groups in total. The summed E-state index contributed by atoms with van der Waals surface area (Å²) in [7, 11) is 0. The Morgan fingerprint density at radius 2 is 1.92 bits per heavy atom. The predicted octanol–water partition coefficient (Wildman–Crippen LogP) is 5.22. The topological polar surface area (TPSA) is 75.7 Å². The van der Waals surface area contributed by atoms with Gasteiger partial charge in [-0.1, -0.05) is 18.2 Å². The lowest BCUT2D eigenvalue weighted by Gasteiger charge is -2.22. The van der Waals surface area contributed by atoms with E-state index < -0.39 is 65.3 Å². The summed E-state index contributed by atoms with van der Waals surface area (Å²) in [5.41, 5.74) is -1.48. The minimum absolute atomic E-state index is 0.0259. The minimum atomic E-state index is -4.60. The number of rotatable bonds is 6.